The summed E-state index contributed by atoms with van der Waals surface area (Å²) in [5.41, 5.74) is -0.124. The number of nitro benzene ring substituents is 1. The van der Waals surface area contributed by atoms with E-state index in [-0.39, 0.29) is 11.3 Å². The fourth-order valence-electron chi connectivity index (χ4n) is 1.39. The van der Waals surface area contributed by atoms with Crippen molar-refractivity contribution in [2.75, 3.05) is 6.61 Å². The smallest absolute Gasteiger partial charge is 0.434 e. The van der Waals surface area contributed by atoms with Gasteiger partial charge < -0.3 is 9.47 Å². The molecule has 0 atom stereocenters. The minimum absolute atomic E-state index is 0.270. The largest absolute Gasteiger partial charge is 0.513 e. The lowest BCUT2D eigenvalue weighted by atomic mass is 10.2. The first-order chi connectivity index (χ1) is 10.7. The second kappa shape index (κ2) is 7.56. The Bertz CT molecular complexity index is 606. The summed E-state index contributed by atoms with van der Waals surface area (Å²) in [7, 11) is 0. The van der Waals surface area contributed by atoms with Crippen molar-refractivity contribution >= 4 is 17.9 Å². The molecule has 0 radical (unpaired) electrons. The molecule has 0 bridgehead atoms. The van der Waals surface area contributed by atoms with Gasteiger partial charge in [-0.1, -0.05) is 12.7 Å². The second-order valence-corrected chi connectivity index (χ2v) is 4.23. The maximum absolute atomic E-state index is 12.6. The van der Waals surface area contributed by atoms with Crippen LogP contribution in [0.4, 0.5) is 28.0 Å². The highest BCUT2D eigenvalue weighted by molar-refractivity contribution is 5.66. The fraction of sp³-hybridized carbons (Fsp3) is 0.308. The second-order valence-electron chi connectivity index (χ2n) is 4.23. The van der Waals surface area contributed by atoms with Gasteiger partial charge in [-0.2, -0.15) is 0 Å². The number of hydrogen-bond acceptors (Lipinski definition) is 5. The third-order valence-corrected chi connectivity index (χ3v) is 2.54. The Morgan fingerprint density at radius 2 is 2.04 bits per heavy atom. The molecule has 0 aliphatic carbocycles. The molecule has 0 unspecified atom stereocenters. The lowest BCUT2D eigenvalue weighted by Crippen LogP contribution is -2.28. The number of nitro groups is 1. The van der Waals surface area contributed by atoms with Gasteiger partial charge in [-0.25, -0.2) is 22.4 Å². The summed E-state index contributed by atoms with van der Waals surface area (Å²) in [6.45, 7) is 2.40. The van der Waals surface area contributed by atoms with Gasteiger partial charge in [-0.05, 0) is 11.6 Å². The SMILES string of the molecule is C=Cc1cc(OC(=O)OCCC(F)(F)C(F)F)cc([N+](=O)[O-])c1. The topological polar surface area (TPSA) is 78.7 Å². The van der Waals surface area contributed by atoms with E-state index in [2.05, 4.69) is 16.1 Å². The Morgan fingerprint density at radius 1 is 1.39 bits per heavy atom. The molecule has 0 aliphatic heterocycles. The number of non-ortho nitro benzene ring substituents is 1. The summed E-state index contributed by atoms with van der Waals surface area (Å²) in [6, 6.07) is 3.28. The van der Waals surface area contributed by atoms with Gasteiger partial charge in [0.05, 0.1) is 17.4 Å². The number of halogens is 4. The minimum Gasteiger partial charge on any atom is -0.434 e. The van der Waals surface area contributed by atoms with Crippen molar-refractivity contribution in [1.82, 2.24) is 0 Å². The van der Waals surface area contributed by atoms with Gasteiger partial charge in [-0.3, -0.25) is 10.1 Å². The zero-order valence-electron chi connectivity index (χ0n) is 11.5. The molecule has 0 spiro atoms. The molecule has 0 saturated carbocycles. The van der Waals surface area contributed by atoms with E-state index < -0.39 is 42.1 Å². The number of alkyl halides is 4. The van der Waals surface area contributed by atoms with Crippen molar-refractivity contribution < 1.29 is 36.8 Å². The summed E-state index contributed by atoms with van der Waals surface area (Å²) in [5.74, 6) is -4.57. The molecule has 0 aromatic heterocycles. The molecule has 6 nitrogen and oxygen atoms in total. The Kier molecular flexibility index (Phi) is 6.05. The highest BCUT2D eigenvalue weighted by Crippen LogP contribution is 2.27. The molecular formula is C13H11F4NO5. The zero-order valence-corrected chi connectivity index (χ0v) is 11.5. The van der Waals surface area contributed by atoms with Crippen LogP contribution in [0.1, 0.15) is 12.0 Å². The van der Waals surface area contributed by atoms with Gasteiger partial charge in [0, 0.05) is 6.07 Å². The molecule has 0 fully saturated rings. The molecule has 0 saturated heterocycles. The number of hydrogen-bond donors (Lipinski definition) is 0. The van der Waals surface area contributed by atoms with Crippen molar-refractivity contribution in [1.29, 1.82) is 0 Å². The first kappa shape index (κ1) is 18.4. The highest BCUT2D eigenvalue weighted by Gasteiger charge is 2.40. The van der Waals surface area contributed by atoms with Crippen LogP contribution in [0.15, 0.2) is 24.8 Å². The van der Waals surface area contributed by atoms with Crippen LogP contribution in [0.2, 0.25) is 0 Å². The Balaban J connectivity index is 2.66. The number of nitrogens with zero attached hydrogens (tertiary/aromatic N) is 1. The van der Waals surface area contributed by atoms with E-state index in [1.165, 1.54) is 12.1 Å². The van der Waals surface area contributed by atoms with Gasteiger partial charge in [-0.15, -0.1) is 0 Å². The molecule has 0 N–H and O–H groups in total. The summed E-state index contributed by atoms with van der Waals surface area (Å²) in [4.78, 5) is 21.2. The fourth-order valence-corrected chi connectivity index (χ4v) is 1.39. The number of benzene rings is 1. The Labute approximate surface area is 127 Å². The van der Waals surface area contributed by atoms with E-state index >= 15 is 0 Å². The Hall–Kier alpha value is -2.65. The third-order valence-electron chi connectivity index (χ3n) is 2.54. The van der Waals surface area contributed by atoms with Crippen LogP contribution in [0, 0.1) is 10.1 Å². The summed E-state index contributed by atoms with van der Waals surface area (Å²) in [5, 5.41) is 10.7. The van der Waals surface area contributed by atoms with E-state index in [0.29, 0.717) is 0 Å². The Morgan fingerprint density at radius 3 is 2.57 bits per heavy atom. The van der Waals surface area contributed by atoms with Gasteiger partial charge in [0.25, 0.3) is 5.69 Å². The molecule has 0 amide bonds. The predicted molar refractivity (Wildman–Crippen MR) is 70.7 cm³/mol. The van der Waals surface area contributed by atoms with Crippen molar-refractivity contribution in [2.45, 2.75) is 18.8 Å². The van der Waals surface area contributed by atoms with Crippen molar-refractivity contribution in [3.63, 3.8) is 0 Å². The molecular weight excluding hydrogens is 326 g/mol. The van der Waals surface area contributed by atoms with Crippen LogP contribution in [-0.4, -0.2) is 30.0 Å². The number of rotatable bonds is 7. The lowest BCUT2D eigenvalue weighted by Gasteiger charge is -2.14. The number of carbonyl (C=O) groups is 1. The maximum Gasteiger partial charge on any atom is 0.513 e. The quantitative estimate of drug-likeness (QED) is 0.247. The number of carbonyl (C=O) groups excluding carboxylic acids is 1. The first-order valence-electron chi connectivity index (χ1n) is 6.08. The summed E-state index contributed by atoms with van der Waals surface area (Å²) < 4.78 is 57.8. The van der Waals surface area contributed by atoms with Crippen LogP contribution in [-0.2, 0) is 4.74 Å². The third kappa shape index (κ3) is 5.57. The first-order valence-corrected chi connectivity index (χ1v) is 6.08. The van der Waals surface area contributed by atoms with E-state index in [0.717, 1.165) is 12.1 Å². The van der Waals surface area contributed by atoms with Gasteiger partial charge >= 0.3 is 18.5 Å². The normalized spacial score (nSPS) is 11.2. The van der Waals surface area contributed by atoms with E-state index in [1.807, 2.05) is 0 Å². The van der Waals surface area contributed by atoms with Crippen LogP contribution >= 0.6 is 0 Å². The predicted octanol–water partition coefficient (Wildman–Crippen LogP) is 4.04. The standard InChI is InChI=1S/C13H11F4NO5/c1-2-8-5-9(18(20)21)7-10(6-8)23-12(19)22-4-3-13(16,17)11(14)15/h2,5-7,11H,1,3-4H2. The van der Waals surface area contributed by atoms with Crippen molar-refractivity contribution in [3.05, 3.63) is 40.5 Å². The lowest BCUT2D eigenvalue weighted by molar-refractivity contribution is -0.384. The van der Waals surface area contributed by atoms with Crippen molar-refractivity contribution in [3.8, 4) is 5.75 Å². The van der Waals surface area contributed by atoms with Gasteiger partial charge in [0.15, 0.2) is 0 Å². The molecule has 0 aliphatic rings. The minimum atomic E-state index is -4.29. The molecule has 1 rings (SSSR count). The van der Waals surface area contributed by atoms with Gasteiger partial charge in [0.2, 0.25) is 0 Å². The van der Waals surface area contributed by atoms with Crippen molar-refractivity contribution in [2.24, 2.45) is 0 Å². The molecule has 23 heavy (non-hydrogen) atoms. The maximum atomic E-state index is 12.6. The molecule has 1 aromatic carbocycles. The molecule has 0 heterocycles. The highest BCUT2D eigenvalue weighted by atomic mass is 19.3. The average molecular weight is 337 g/mol. The van der Waals surface area contributed by atoms with Crippen LogP contribution < -0.4 is 4.74 Å². The molecule has 1 aromatic rings. The molecule has 10 heteroatoms. The van der Waals surface area contributed by atoms with Crippen LogP contribution in [0.3, 0.4) is 0 Å². The summed E-state index contributed by atoms with van der Waals surface area (Å²) >= 11 is 0. The van der Waals surface area contributed by atoms with E-state index in [1.54, 1.807) is 0 Å². The zero-order chi connectivity index (χ0) is 17.6. The molecule has 126 valence electrons. The number of ether oxygens (including phenoxy) is 2. The van der Waals surface area contributed by atoms with E-state index in [9.17, 15) is 32.5 Å². The van der Waals surface area contributed by atoms with Gasteiger partial charge in [0.1, 0.15) is 12.4 Å². The van der Waals surface area contributed by atoms with Crippen LogP contribution in [0.25, 0.3) is 6.08 Å². The van der Waals surface area contributed by atoms with Crippen LogP contribution in [0.5, 0.6) is 5.75 Å². The monoisotopic (exact) mass is 337 g/mol. The summed E-state index contributed by atoms with van der Waals surface area (Å²) in [6.07, 6.45) is -5.46. The van der Waals surface area contributed by atoms with E-state index in [4.69, 9.17) is 0 Å². The average Bonchev–Trinajstić information content (AvgIpc) is 2.46.